The van der Waals surface area contributed by atoms with Crippen LogP contribution in [-0.4, -0.2) is 54.9 Å². The lowest BCUT2D eigenvalue weighted by Crippen LogP contribution is -2.36. The van der Waals surface area contributed by atoms with E-state index in [0.717, 1.165) is 33.5 Å². The van der Waals surface area contributed by atoms with Crippen LogP contribution < -0.4 is 32.0 Å². The van der Waals surface area contributed by atoms with Crippen LogP contribution in [0.5, 0.6) is 11.6 Å². The van der Waals surface area contributed by atoms with Crippen molar-refractivity contribution >= 4 is 33.0 Å². The van der Waals surface area contributed by atoms with Gasteiger partial charge in [-0.15, -0.1) is 0 Å². The molecule has 0 spiro atoms. The number of nitrogens with one attached hydrogen (secondary N) is 2. The van der Waals surface area contributed by atoms with Gasteiger partial charge in [-0.25, -0.2) is 13.4 Å². The Hall–Kier alpha value is -4.72. The van der Waals surface area contributed by atoms with Gasteiger partial charge in [0, 0.05) is 39.1 Å². The first-order valence-corrected chi connectivity index (χ1v) is 17.1. The molecule has 0 saturated heterocycles. The Kier molecular flexibility index (Phi) is 11.6. The number of benzene rings is 2. The molecule has 0 bridgehead atoms. The Labute approximate surface area is 284 Å². The summed E-state index contributed by atoms with van der Waals surface area (Å²) in [4.78, 5) is 22.0. The summed E-state index contributed by atoms with van der Waals surface area (Å²) in [7, 11) is -2.36. The molecule has 1 aliphatic rings. The largest absolute Gasteiger partial charge is 0.495 e. The molecule has 0 saturated carbocycles. The number of nitrogen functional groups attached to an aromatic ring is 1. The first-order chi connectivity index (χ1) is 22.5. The molecule has 1 aliphatic heterocycles. The number of carbonyl (C=O) groups is 1. The van der Waals surface area contributed by atoms with Gasteiger partial charge in [-0.1, -0.05) is 31.2 Å². The lowest BCUT2D eigenvalue weighted by Gasteiger charge is -2.25. The maximum Gasteiger partial charge on any atom is 0.248 e. The van der Waals surface area contributed by atoms with Crippen molar-refractivity contribution in [1.82, 2.24) is 20.4 Å². The van der Waals surface area contributed by atoms with Crippen LogP contribution in [0.15, 0.2) is 72.0 Å². The lowest BCUT2D eigenvalue weighted by atomic mass is 9.83. The molecule has 4 aromatic rings. The normalized spacial score (nSPS) is 16.0. The smallest absolute Gasteiger partial charge is 0.248 e. The average molecular weight is 678 g/mol. The number of anilines is 3. The minimum Gasteiger partial charge on any atom is -0.495 e. The Morgan fingerprint density at radius 1 is 1.17 bits per heavy atom. The summed E-state index contributed by atoms with van der Waals surface area (Å²) in [6.45, 7) is 8.91. The van der Waals surface area contributed by atoms with Gasteiger partial charge in [0.2, 0.25) is 21.8 Å². The summed E-state index contributed by atoms with van der Waals surface area (Å²) in [6.07, 6.45) is 5.03. The number of hydrogen-bond donors (Lipinski definition) is 4. The number of ether oxygens (including phenoxy) is 2. The Balaban J connectivity index is 0.00000325. The van der Waals surface area contributed by atoms with Crippen LogP contribution in [0, 0.1) is 13.8 Å². The number of hydrogen-bond acceptors (Lipinski definition) is 10. The van der Waals surface area contributed by atoms with Crippen LogP contribution in [0.4, 0.5) is 17.1 Å². The second kappa shape index (κ2) is 15.5. The molecule has 13 heteroatoms. The highest BCUT2D eigenvalue weighted by Crippen LogP contribution is 2.37. The molecular formula is C35H47N7O5S. The van der Waals surface area contributed by atoms with Crippen LogP contribution in [0.2, 0.25) is 0 Å². The summed E-state index contributed by atoms with van der Waals surface area (Å²) in [5.74, 6) is 0.0489. The molecule has 0 aliphatic carbocycles. The fourth-order valence-electron chi connectivity index (χ4n) is 5.82. The fraction of sp³-hybridized carbons (Fsp3) is 0.343. The van der Waals surface area contributed by atoms with Crippen molar-refractivity contribution in [2.75, 3.05) is 36.6 Å². The Bertz CT molecular complexity index is 1880. The third kappa shape index (κ3) is 7.70. The Morgan fingerprint density at radius 2 is 1.96 bits per heavy atom. The van der Waals surface area contributed by atoms with Crippen molar-refractivity contribution in [1.29, 1.82) is 0 Å². The van der Waals surface area contributed by atoms with Gasteiger partial charge in [0.1, 0.15) is 16.7 Å². The first kappa shape index (κ1) is 36.1. The molecular weight excluding hydrogens is 630 g/mol. The van der Waals surface area contributed by atoms with Crippen molar-refractivity contribution < 1.29 is 24.1 Å². The molecule has 48 heavy (non-hydrogen) atoms. The first-order valence-electron chi connectivity index (χ1n) is 15.7. The van der Waals surface area contributed by atoms with E-state index in [1.807, 2.05) is 58.0 Å². The summed E-state index contributed by atoms with van der Waals surface area (Å²) in [5, 5.41) is 6.25. The number of fused-ring (bicyclic) bond motifs is 1. The number of rotatable bonds is 11. The highest BCUT2D eigenvalue weighted by molar-refractivity contribution is 7.89. The van der Waals surface area contributed by atoms with Crippen LogP contribution in [0.1, 0.15) is 61.9 Å². The third-order valence-corrected chi connectivity index (χ3v) is 10.4. The van der Waals surface area contributed by atoms with Gasteiger partial charge >= 0.3 is 0 Å². The number of aryl methyl sites for hydroxylation is 1. The number of aromatic nitrogens is 2. The van der Waals surface area contributed by atoms with E-state index >= 15 is 0 Å². The molecule has 7 N–H and O–H groups in total. The van der Waals surface area contributed by atoms with E-state index in [0.29, 0.717) is 30.1 Å². The predicted octanol–water partition coefficient (Wildman–Crippen LogP) is 6.05. The second-order valence-corrected chi connectivity index (χ2v) is 13.5. The quantitative estimate of drug-likeness (QED) is 0.136. The molecule has 258 valence electrons. The average Bonchev–Trinajstić information content (AvgIpc) is 3.17. The molecule has 0 unspecified atom stereocenters. The van der Waals surface area contributed by atoms with Crippen LogP contribution in [0.3, 0.4) is 0 Å². The van der Waals surface area contributed by atoms with Gasteiger partial charge in [-0.05, 0) is 73.2 Å². The number of methoxy groups -OCH3 is 1. The minimum absolute atomic E-state index is 0. The van der Waals surface area contributed by atoms with E-state index in [1.165, 1.54) is 16.6 Å². The van der Waals surface area contributed by atoms with Gasteiger partial charge in [0.05, 0.1) is 43.1 Å². The van der Waals surface area contributed by atoms with Gasteiger partial charge in [0.15, 0.2) is 0 Å². The SMILES string of the molecule is CCNc1ccc([C@@H](CC(=O)Nc2cncc(OC)c2)c2ccc(C)c(CN3C[C@@H](CC)Oc4ncccc4S3(=O)=O)c2)c(C)c1N.N.[HH]. The van der Waals surface area contributed by atoms with Crippen molar-refractivity contribution in [2.45, 2.75) is 64.0 Å². The number of sulfonamides is 1. The van der Waals surface area contributed by atoms with Gasteiger partial charge in [-0.3, -0.25) is 9.78 Å². The van der Waals surface area contributed by atoms with Crippen molar-refractivity contribution in [2.24, 2.45) is 0 Å². The van der Waals surface area contributed by atoms with E-state index in [-0.39, 0.29) is 55.8 Å². The molecule has 2 aromatic heterocycles. The number of amides is 1. The molecule has 2 atom stereocenters. The summed E-state index contributed by atoms with van der Waals surface area (Å²) < 4.78 is 40.5. The summed E-state index contributed by atoms with van der Waals surface area (Å²) in [6, 6.07) is 14.7. The van der Waals surface area contributed by atoms with E-state index in [2.05, 4.69) is 20.6 Å². The highest BCUT2D eigenvalue weighted by Gasteiger charge is 2.35. The van der Waals surface area contributed by atoms with Crippen LogP contribution in [-0.2, 0) is 21.4 Å². The molecule has 2 aromatic carbocycles. The van der Waals surface area contributed by atoms with E-state index in [1.54, 1.807) is 31.6 Å². The van der Waals surface area contributed by atoms with Crippen molar-refractivity contribution in [3.05, 3.63) is 94.9 Å². The minimum atomic E-state index is -3.90. The molecule has 1 amide bonds. The van der Waals surface area contributed by atoms with Crippen molar-refractivity contribution in [3.63, 3.8) is 0 Å². The van der Waals surface area contributed by atoms with E-state index < -0.39 is 10.0 Å². The zero-order valence-electron chi connectivity index (χ0n) is 28.1. The number of nitrogens with zero attached hydrogens (tertiary/aromatic N) is 3. The number of pyridine rings is 2. The zero-order chi connectivity index (χ0) is 33.7. The maximum atomic E-state index is 13.9. The van der Waals surface area contributed by atoms with Gasteiger partial charge in [-0.2, -0.15) is 4.31 Å². The standard InChI is InChI=1S/C35H42N6O5S.H3N.H2/c1-6-27-21-41(47(43,44)32-9-8-14-39-35(32)46-27)20-25-15-24(11-10-22(25)3)30(29-12-13-31(38-7-2)34(36)23(29)4)17-33(42)40-26-16-28(45-5)19-37-18-26;;/h8-16,18-19,27,30,38H,6-7,17,20-21,36H2,1-5H3,(H,40,42);1H3;1H/t27-,30+;;/m1../s1. The molecule has 3 heterocycles. The monoisotopic (exact) mass is 677 g/mol. The highest BCUT2D eigenvalue weighted by atomic mass is 32.2. The van der Waals surface area contributed by atoms with Crippen molar-refractivity contribution in [3.8, 4) is 11.6 Å². The van der Waals surface area contributed by atoms with Gasteiger partial charge in [0.25, 0.3) is 0 Å². The third-order valence-electron chi connectivity index (χ3n) is 8.54. The van der Waals surface area contributed by atoms with Gasteiger partial charge < -0.3 is 32.0 Å². The zero-order valence-corrected chi connectivity index (χ0v) is 28.9. The van der Waals surface area contributed by atoms with Crippen LogP contribution in [0.25, 0.3) is 0 Å². The molecule has 12 nitrogen and oxygen atoms in total. The van der Waals surface area contributed by atoms with E-state index in [4.69, 9.17) is 15.2 Å². The second-order valence-electron chi connectivity index (χ2n) is 11.6. The van der Waals surface area contributed by atoms with E-state index in [9.17, 15) is 13.2 Å². The fourth-order valence-corrected chi connectivity index (χ4v) is 7.34. The maximum absolute atomic E-state index is 13.9. The number of carbonyl (C=O) groups excluding carboxylic acids is 1. The lowest BCUT2D eigenvalue weighted by molar-refractivity contribution is -0.116. The van der Waals surface area contributed by atoms with Crippen LogP contribution >= 0.6 is 0 Å². The Morgan fingerprint density at radius 3 is 2.69 bits per heavy atom. The summed E-state index contributed by atoms with van der Waals surface area (Å²) >= 11 is 0. The number of nitrogens with two attached hydrogens (primary N) is 1. The molecule has 0 fully saturated rings. The predicted molar refractivity (Wildman–Crippen MR) is 190 cm³/mol. The molecule has 5 rings (SSSR count). The topological polar surface area (TPSA) is 184 Å². The summed E-state index contributed by atoms with van der Waals surface area (Å²) in [5.41, 5.74) is 12.9. The molecule has 0 radical (unpaired) electrons.